The number of carbonyl (C=O) groups excluding carboxylic acids is 1. The van der Waals surface area contributed by atoms with Crippen molar-refractivity contribution in [3.8, 4) is 11.3 Å². The fraction of sp³-hybridized carbons (Fsp3) is 0.375. The summed E-state index contributed by atoms with van der Waals surface area (Å²) in [5.74, 6) is 0.0741. The van der Waals surface area contributed by atoms with Crippen LogP contribution in [0.5, 0.6) is 0 Å². The highest BCUT2D eigenvalue weighted by molar-refractivity contribution is 6.30. The molecule has 1 aliphatic rings. The Labute approximate surface area is 139 Å². The van der Waals surface area contributed by atoms with Crippen molar-refractivity contribution < 1.29 is 14.4 Å². The molecule has 3 rings (SSSR count). The summed E-state index contributed by atoms with van der Waals surface area (Å²) < 4.78 is 5.21. The molecule has 0 saturated carbocycles. The number of benzene rings is 1. The number of nitrogens with zero attached hydrogens (tertiary/aromatic N) is 3. The van der Waals surface area contributed by atoms with E-state index >= 15 is 0 Å². The third-order valence-electron chi connectivity index (χ3n) is 3.92. The molecule has 2 aromatic rings. The number of aromatic nitrogens is 1. The van der Waals surface area contributed by atoms with Crippen LogP contribution in [0.1, 0.15) is 10.6 Å². The number of piperazine rings is 1. The van der Waals surface area contributed by atoms with E-state index < -0.39 is 0 Å². The number of hydrogen-bond acceptors (Lipinski definition) is 5. The van der Waals surface area contributed by atoms with Gasteiger partial charge in [-0.05, 0) is 12.1 Å². The van der Waals surface area contributed by atoms with Gasteiger partial charge in [0, 0.05) is 49.4 Å². The predicted octanol–water partition coefficient (Wildman–Crippen LogP) is 1.75. The van der Waals surface area contributed by atoms with Gasteiger partial charge < -0.3 is 14.5 Å². The lowest BCUT2D eigenvalue weighted by atomic mass is 10.1. The Morgan fingerprint density at radius 1 is 1.26 bits per heavy atom. The molecule has 1 fully saturated rings. The van der Waals surface area contributed by atoms with E-state index in [4.69, 9.17) is 21.2 Å². The van der Waals surface area contributed by atoms with Crippen LogP contribution in [0, 0.1) is 0 Å². The minimum Gasteiger partial charge on any atom is -0.395 e. The van der Waals surface area contributed by atoms with Gasteiger partial charge in [-0.2, -0.15) is 0 Å². The number of aliphatic hydroxyl groups is 1. The number of aliphatic hydroxyl groups excluding tert-OH is 1. The van der Waals surface area contributed by atoms with Crippen LogP contribution in [0.15, 0.2) is 34.9 Å². The molecule has 1 saturated heterocycles. The zero-order valence-electron chi connectivity index (χ0n) is 12.6. The number of β-amino-alcohol motifs (C(OH)–C–C–N with tert-alkyl or cyclic N) is 1. The molecule has 0 aliphatic carbocycles. The third-order valence-corrected chi connectivity index (χ3v) is 4.15. The van der Waals surface area contributed by atoms with Gasteiger partial charge in [0.15, 0.2) is 0 Å². The number of amides is 1. The lowest BCUT2D eigenvalue weighted by Crippen LogP contribution is -2.49. The van der Waals surface area contributed by atoms with Gasteiger partial charge in [-0.15, -0.1) is 0 Å². The van der Waals surface area contributed by atoms with Gasteiger partial charge in [0.1, 0.15) is 5.69 Å². The maximum Gasteiger partial charge on any atom is 0.292 e. The average molecular weight is 336 g/mol. The zero-order chi connectivity index (χ0) is 16.2. The number of halogens is 1. The lowest BCUT2D eigenvalue weighted by Gasteiger charge is -2.33. The first-order valence-electron chi connectivity index (χ1n) is 7.52. The second-order valence-corrected chi connectivity index (χ2v) is 5.88. The van der Waals surface area contributed by atoms with E-state index in [9.17, 15) is 4.79 Å². The monoisotopic (exact) mass is 335 g/mol. The molecule has 7 heteroatoms. The highest BCUT2D eigenvalue weighted by Gasteiger charge is 2.25. The predicted molar refractivity (Wildman–Crippen MR) is 86.4 cm³/mol. The van der Waals surface area contributed by atoms with E-state index in [-0.39, 0.29) is 18.3 Å². The van der Waals surface area contributed by atoms with Crippen molar-refractivity contribution in [3.05, 3.63) is 41.1 Å². The Kier molecular flexibility index (Phi) is 4.95. The highest BCUT2D eigenvalue weighted by Crippen LogP contribution is 2.23. The number of rotatable bonds is 4. The van der Waals surface area contributed by atoms with Crippen LogP contribution in [0.2, 0.25) is 5.02 Å². The molecule has 1 amide bonds. The van der Waals surface area contributed by atoms with Crippen LogP contribution in [0.4, 0.5) is 0 Å². The van der Waals surface area contributed by atoms with Crippen LogP contribution in [0.25, 0.3) is 11.3 Å². The fourth-order valence-corrected chi connectivity index (χ4v) is 2.82. The summed E-state index contributed by atoms with van der Waals surface area (Å²) in [4.78, 5) is 16.3. The highest BCUT2D eigenvalue weighted by atomic mass is 35.5. The molecule has 1 aromatic heterocycles. The normalized spacial score (nSPS) is 15.8. The Morgan fingerprint density at radius 2 is 2.04 bits per heavy atom. The van der Waals surface area contributed by atoms with E-state index in [0.717, 1.165) is 18.7 Å². The largest absolute Gasteiger partial charge is 0.395 e. The number of carbonyl (C=O) groups is 1. The van der Waals surface area contributed by atoms with Gasteiger partial charge >= 0.3 is 0 Å². The quantitative estimate of drug-likeness (QED) is 0.921. The summed E-state index contributed by atoms with van der Waals surface area (Å²) in [6.07, 6.45) is 0. The summed E-state index contributed by atoms with van der Waals surface area (Å²) in [6.45, 7) is 3.52. The first-order chi connectivity index (χ1) is 11.2. The van der Waals surface area contributed by atoms with Crippen molar-refractivity contribution in [2.75, 3.05) is 39.3 Å². The second-order valence-electron chi connectivity index (χ2n) is 5.44. The Hall–Kier alpha value is -1.89. The summed E-state index contributed by atoms with van der Waals surface area (Å²) in [5.41, 5.74) is 1.41. The Balaban J connectivity index is 1.67. The molecule has 0 radical (unpaired) electrons. The van der Waals surface area contributed by atoms with Crippen molar-refractivity contribution in [1.82, 2.24) is 15.0 Å². The minimum absolute atomic E-state index is 0.138. The molecule has 1 aliphatic heterocycles. The maximum absolute atomic E-state index is 12.5. The Morgan fingerprint density at radius 3 is 2.74 bits per heavy atom. The lowest BCUT2D eigenvalue weighted by molar-refractivity contribution is 0.0576. The molecule has 6 nitrogen and oxygen atoms in total. The van der Waals surface area contributed by atoms with Gasteiger partial charge in [-0.1, -0.05) is 28.9 Å². The zero-order valence-corrected chi connectivity index (χ0v) is 13.4. The van der Waals surface area contributed by atoms with Gasteiger partial charge in [-0.25, -0.2) is 0 Å². The van der Waals surface area contributed by atoms with E-state index in [2.05, 4.69) is 10.1 Å². The SMILES string of the molecule is O=C(c1cc(-c2cccc(Cl)c2)no1)N1CCN(CCO)CC1. The van der Waals surface area contributed by atoms with Crippen molar-refractivity contribution in [2.45, 2.75) is 0 Å². The molecular formula is C16H18ClN3O3. The van der Waals surface area contributed by atoms with Gasteiger partial charge in [0.05, 0.1) is 6.61 Å². The van der Waals surface area contributed by atoms with E-state index in [1.54, 1.807) is 23.1 Å². The minimum atomic E-state index is -0.158. The molecular weight excluding hydrogens is 318 g/mol. The molecule has 23 heavy (non-hydrogen) atoms. The van der Waals surface area contributed by atoms with Gasteiger partial charge in [0.25, 0.3) is 5.91 Å². The summed E-state index contributed by atoms with van der Waals surface area (Å²) in [7, 11) is 0. The Bertz CT molecular complexity index is 681. The second kappa shape index (κ2) is 7.12. The van der Waals surface area contributed by atoms with Crippen molar-refractivity contribution >= 4 is 17.5 Å². The first-order valence-corrected chi connectivity index (χ1v) is 7.90. The molecule has 0 atom stereocenters. The van der Waals surface area contributed by atoms with Crippen molar-refractivity contribution in [1.29, 1.82) is 0 Å². The molecule has 0 spiro atoms. The van der Waals surface area contributed by atoms with Crippen LogP contribution >= 0.6 is 11.6 Å². The molecule has 1 aromatic carbocycles. The molecule has 0 bridgehead atoms. The van der Waals surface area contributed by atoms with E-state index in [0.29, 0.717) is 30.4 Å². The molecule has 0 unspecified atom stereocenters. The summed E-state index contributed by atoms with van der Waals surface area (Å²) in [6, 6.07) is 8.90. The van der Waals surface area contributed by atoms with Crippen molar-refractivity contribution in [2.24, 2.45) is 0 Å². The first kappa shape index (κ1) is 16.0. The van der Waals surface area contributed by atoms with E-state index in [1.165, 1.54) is 0 Å². The average Bonchev–Trinajstić information content (AvgIpc) is 3.05. The summed E-state index contributed by atoms with van der Waals surface area (Å²) in [5, 5.41) is 13.5. The van der Waals surface area contributed by atoms with Gasteiger partial charge in [-0.3, -0.25) is 9.69 Å². The number of hydrogen-bond donors (Lipinski definition) is 1. The van der Waals surface area contributed by atoms with Gasteiger partial charge in [0.2, 0.25) is 5.76 Å². The molecule has 122 valence electrons. The maximum atomic E-state index is 12.5. The molecule has 1 N–H and O–H groups in total. The van der Waals surface area contributed by atoms with Crippen LogP contribution < -0.4 is 0 Å². The molecule has 2 heterocycles. The van der Waals surface area contributed by atoms with Crippen LogP contribution in [0.3, 0.4) is 0 Å². The standard InChI is InChI=1S/C16H18ClN3O3/c17-13-3-1-2-12(10-13)14-11-15(23-18-14)16(22)20-6-4-19(5-7-20)8-9-21/h1-3,10-11,21H,4-9H2. The fourth-order valence-electron chi connectivity index (χ4n) is 2.63. The smallest absolute Gasteiger partial charge is 0.292 e. The topological polar surface area (TPSA) is 69.8 Å². The third kappa shape index (κ3) is 3.72. The van der Waals surface area contributed by atoms with Crippen molar-refractivity contribution in [3.63, 3.8) is 0 Å². The van der Waals surface area contributed by atoms with E-state index in [1.807, 2.05) is 12.1 Å². The summed E-state index contributed by atoms with van der Waals surface area (Å²) >= 11 is 5.97. The van der Waals surface area contributed by atoms with Crippen LogP contribution in [-0.2, 0) is 0 Å². The van der Waals surface area contributed by atoms with Crippen LogP contribution in [-0.4, -0.2) is 65.3 Å².